The highest BCUT2D eigenvalue weighted by atomic mass is 35.5. The van der Waals surface area contributed by atoms with Crippen molar-refractivity contribution >= 4 is 34.8 Å². The molecule has 0 N–H and O–H groups in total. The molecule has 0 aliphatic carbocycles. The van der Waals surface area contributed by atoms with Crippen LogP contribution in [-0.4, -0.2) is 10.1 Å². The van der Waals surface area contributed by atoms with Crippen LogP contribution < -0.4 is 9.47 Å². The summed E-state index contributed by atoms with van der Waals surface area (Å²) in [6.07, 6.45) is 0. The lowest BCUT2D eigenvalue weighted by molar-refractivity contribution is 0.432. The fraction of sp³-hybridized carbons (Fsp3) is 0. The average molecular weight is 528 g/mol. The van der Waals surface area contributed by atoms with Gasteiger partial charge in [0.25, 0.3) is 5.89 Å². The van der Waals surface area contributed by atoms with Gasteiger partial charge in [0.1, 0.15) is 33.8 Å². The van der Waals surface area contributed by atoms with E-state index in [9.17, 15) is 4.39 Å². The van der Waals surface area contributed by atoms with E-state index in [1.807, 2.05) is 0 Å². The first kappa shape index (κ1) is 23.2. The number of aromatic nitrogens is 2. The minimum Gasteiger partial charge on any atom is -0.457 e. The Balaban J connectivity index is 1.28. The summed E-state index contributed by atoms with van der Waals surface area (Å²) in [6, 6.07) is 23.6. The van der Waals surface area contributed by atoms with Gasteiger partial charge in [-0.2, -0.15) is 4.98 Å². The van der Waals surface area contributed by atoms with Gasteiger partial charge in [-0.25, -0.2) is 4.39 Å². The Hall–Kier alpha value is -3.58. The topological polar surface area (TPSA) is 57.4 Å². The van der Waals surface area contributed by atoms with E-state index in [0.717, 1.165) is 11.1 Å². The summed E-state index contributed by atoms with van der Waals surface area (Å²) in [5, 5.41) is 4.81. The van der Waals surface area contributed by atoms with Crippen LogP contribution in [0.1, 0.15) is 0 Å². The summed E-state index contributed by atoms with van der Waals surface area (Å²) in [7, 11) is 0. The first-order chi connectivity index (χ1) is 17.0. The van der Waals surface area contributed by atoms with Gasteiger partial charge in [-0.05, 0) is 72.8 Å². The van der Waals surface area contributed by atoms with Gasteiger partial charge in [0, 0.05) is 17.2 Å². The minimum atomic E-state index is -0.505. The van der Waals surface area contributed by atoms with E-state index in [2.05, 4.69) is 10.1 Å². The molecule has 5 nitrogen and oxygen atoms in total. The van der Waals surface area contributed by atoms with E-state index in [0.29, 0.717) is 44.8 Å². The van der Waals surface area contributed by atoms with Crippen LogP contribution in [0.2, 0.25) is 15.1 Å². The van der Waals surface area contributed by atoms with Crippen LogP contribution in [0.5, 0.6) is 23.0 Å². The molecule has 5 aromatic rings. The number of hydrogen-bond acceptors (Lipinski definition) is 5. The molecule has 1 aromatic heterocycles. The van der Waals surface area contributed by atoms with E-state index in [1.54, 1.807) is 66.7 Å². The molecule has 0 aliphatic heterocycles. The van der Waals surface area contributed by atoms with Gasteiger partial charge in [0.05, 0.1) is 10.0 Å². The normalized spacial score (nSPS) is 10.9. The van der Waals surface area contributed by atoms with E-state index in [1.165, 1.54) is 18.2 Å². The molecular weight excluding hydrogens is 514 g/mol. The van der Waals surface area contributed by atoms with Crippen molar-refractivity contribution in [1.82, 2.24) is 10.1 Å². The standard InChI is InChI=1S/C26H14Cl3FN2O3/c27-20-2-1-3-23(24(20)29)34-18-10-6-16(7-11-18)26-31-25(32-35-26)15-4-8-17(9-5-15)33-19-12-13-22(30)21(28)14-19/h1-14H. The molecule has 35 heavy (non-hydrogen) atoms. The Kier molecular flexibility index (Phi) is 6.59. The lowest BCUT2D eigenvalue weighted by Crippen LogP contribution is -1.87. The summed E-state index contributed by atoms with van der Waals surface area (Å²) in [6.45, 7) is 0. The van der Waals surface area contributed by atoms with Gasteiger partial charge >= 0.3 is 0 Å². The molecule has 0 spiro atoms. The molecule has 1 heterocycles. The maximum Gasteiger partial charge on any atom is 0.258 e. The lowest BCUT2D eigenvalue weighted by atomic mass is 10.2. The minimum absolute atomic E-state index is 0.00805. The molecule has 9 heteroatoms. The summed E-state index contributed by atoms with van der Waals surface area (Å²) >= 11 is 18.0. The number of rotatable bonds is 6. The second-order valence-electron chi connectivity index (χ2n) is 7.30. The fourth-order valence-electron chi connectivity index (χ4n) is 3.16. The van der Waals surface area contributed by atoms with Gasteiger partial charge in [0.15, 0.2) is 0 Å². The van der Waals surface area contributed by atoms with Crippen molar-refractivity contribution in [2.75, 3.05) is 0 Å². The highest BCUT2D eigenvalue weighted by Gasteiger charge is 2.12. The molecule has 0 aliphatic rings. The third-order valence-corrected chi connectivity index (χ3v) is 6.00. The van der Waals surface area contributed by atoms with Crippen molar-refractivity contribution in [3.63, 3.8) is 0 Å². The molecule has 0 saturated heterocycles. The number of benzene rings is 4. The van der Waals surface area contributed by atoms with E-state index < -0.39 is 5.82 Å². The fourth-order valence-corrected chi connectivity index (χ4v) is 3.66. The SMILES string of the molecule is Fc1ccc(Oc2ccc(-c3noc(-c4ccc(Oc5cccc(Cl)c5Cl)cc4)n3)cc2)cc1Cl. The molecule has 4 aromatic carbocycles. The second-order valence-corrected chi connectivity index (χ2v) is 8.50. The predicted octanol–water partition coefficient (Wildman–Crippen LogP) is 9.09. The second kappa shape index (κ2) is 9.96. The first-order valence-corrected chi connectivity index (χ1v) is 11.4. The Morgan fingerprint density at radius 3 is 2.06 bits per heavy atom. The zero-order chi connectivity index (χ0) is 24.4. The van der Waals surface area contributed by atoms with Gasteiger partial charge in [-0.3, -0.25) is 0 Å². The van der Waals surface area contributed by atoms with Crippen LogP contribution >= 0.6 is 34.8 Å². The maximum atomic E-state index is 13.3. The lowest BCUT2D eigenvalue weighted by Gasteiger charge is -2.08. The summed E-state index contributed by atoms with van der Waals surface area (Å²) in [4.78, 5) is 4.47. The van der Waals surface area contributed by atoms with Gasteiger partial charge < -0.3 is 14.0 Å². The predicted molar refractivity (Wildman–Crippen MR) is 133 cm³/mol. The molecule has 0 amide bonds. The molecule has 5 rings (SSSR count). The van der Waals surface area contributed by atoms with Crippen LogP contribution in [0.15, 0.2) is 89.5 Å². The van der Waals surface area contributed by atoms with Gasteiger partial charge in [0.2, 0.25) is 5.82 Å². The van der Waals surface area contributed by atoms with Gasteiger partial charge in [-0.15, -0.1) is 0 Å². The summed E-state index contributed by atoms with van der Waals surface area (Å²) < 4.78 is 30.2. The van der Waals surface area contributed by atoms with Crippen molar-refractivity contribution in [3.05, 3.63) is 106 Å². The Labute approximate surface area is 214 Å². The van der Waals surface area contributed by atoms with Crippen LogP contribution in [-0.2, 0) is 0 Å². The average Bonchev–Trinajstić information content (AvgIpc) is 3.36. The third-order valence-electron chi connectivity index (χ3n) is 4.91. The monoisotopic (exact) mass is 526 g/mol. The molecule has 0 radical (unpaired) electrons. The highest BCUT2D eigenvalue weighted by Crippen LogP contribution is 2.35. The van der Waals surface area contributed by atoms with Crippen LogP contribution in [0.25, 0.3) is 22.8 Å². The summed E-state index contributed by atoms with van der Waals surface area (Å²) in [5.74, 6) is 2.29. The molecule has 0 saturated carbocycles. The van der Waals surface area contributed by atoms with E-state index in [4.69, 9.17) is 48.8 Å². The van der Waals surface area contributed by atoms with Crippen LogP contribution in [0.3, 0.4) is 0 Å². The van der Waals surface area contributed by atoms with Crippen molar-refractivity contribution in [1.29, 1.82) is 0 Å². The number of hydrogen-bond donors (Lipinski definition) is 0. The Bertz CT molecular complexity index is 1490. The number of halogens is 4. The van der Waals surface area contributed by atoms with E-state index >= 15 is 0 Å². The van der Waals surface area contributed by atoms with Gasteiger partial charge in [-0.1, -0.05) is 46.0 Å². The zero-order valence-corrected chi connectivity index (χ0v) is 20.0. The molecule has 0 bridgehead atoms. The van der Waals surface area contributed by atoms with Crippen molar-refractivity contribution in [3.8, 4) is 45.8 Å². The largest absolute Gasteiger partial charge is 0.457 e. The summed E-state index contributed by atoms with van der Waals surface area (Å²) in [5.41, 5.74) is 1.46. The Morgan fingerprint density at radius 2 is 1.34 bits per heavy atom. The number of ether oxygens (including phenoxy) is 2. The van der Waals surface area contributed by atoms with Crippen LogP contribution in [0.4, 0.5) is 4.39 Å². The smallest absolute Gasteiger partial charge is 0.258 e. The first-order valence-electron chi connectivity index (χ1n) is 10.3. The molecule has 0 fully saturated rings. The molecule has 0 atom stereocenters. The quantitative estimate of drug-likeness (QED) is 0.220. The number of nitrogens with zero attached hydrogens (tertiary/aromatic N) is 2. The Morgan fingerprint density at radius 1 is 0.686 bits per heavy atom. The molecular formula is C26H14Cl3FN2O3. The zero-order valence-electron chi connectivity index (χ0n) is 17.7. The maximum absolute atomic E-state index is 13.3. The third kappa shape index (κ3) is 5.25. The van der Waals surface area contributed by atoms with Crippen molar-refractivity contribution < 1.29 is 18.4 Å². The van der Waals surface area contributed by atoms with Crippen LogP contribution in [0, 0.1) is 5.82 Å². The molecule has 174 valence electrons. The van der Waals surface area contributed by atoms with Crippen molar-refractivity contribution in [2.24, 2.45) is 0 Å². The highest BCUT2D eigenvalue weighted by molar-refractivity contribution is 6.42. The van der Waals surface area contributed by atoms with E-state index in [-0.39, 0.29) is 5.02 Å². The molecule has 0 unspecified atom stereocenters. The van der Waals surface area contributed by atoms with Crippen molar-refractivity contribution in [2.45, 2.75) is 0 Å².